The first-order valence-electron chi connectivity index (χ1n) is 6.45. The molecule has 0 radical (unpaired) electrons. The van der Waals surface area contributed by atoms with Gasteiger partial charge in [0.05, 0.1) is 10.6 Å². The SMILES string of the molecule is CC(=O)Nc1ccc(C)c(S(=O)(=O)Nc2ccccc2I)c1. The summed E-state index contributed by atoms with van der Waals surface area (Å²) in [5.41, 5.74) is 1.57. The number of carbonyl (C=O) groups is 1. The zero-order valence-corrected chi connectivity index (χ0v) is 15.0. The van der Waals surface area contributed by atoms with Crippen LogP contribution in [0.2, 0.25) is 0 Å². The maximum absolute atomic E-state index is 12.6. The van der Waals surface area contributed by atoms with Crippen LogP contribution >= 0.6 is 22.6 Å². The highest BCUT2D eigenvalue weighted by Gasteiger charge is 2.18. The maximum Gasteiger partial charge on any atom is 0.262 e. The fourth-order valence-corrected chi connectivity index (χ4v) is 3.97. The van der Waals surface area contributed by atoms with E-state index in [1.54, 1.807) is 31.2 Å². The van der Waals surface area contributed by atoms with Crippen molar-refractivity contribution in [1.82, 2.24) is 0 Å². The summed E-state index contributed by atoms with van der Waals surface area (Å²) >= 11 is 2.07. The van der Waals surface area contributed by atoms with Crippen LogP contribution in [0.25, 0.3) is 0 Å². The second-order valence-corrected chi connectivity index (χ2v) is 7.56. The van der Waals surface area contributed by atoms with E-state index in [4.69, 9.17) is 0 Å². The van der Waals surface area contributed by atoms with Crippen molar-refractivity contribution in [3.8, 4) is 0 Å². The topological polar surface area (TPSA) is 75.3 Å². The van der Waals surface area contributed by atoms with Crippen LogP contribution in [-0.4, -0.2) is 14.3 Å². The third-order valence-electron chi connectivity index (χ3n) is 2.92. The first-order chi connectivity index (χ1) is 10.3. The molecule has 0 fully saturated rings. The minimum atomic E-state index is -3.73. The highest BCUT2D eigenvalue weighted by molar-refractivity contribution is 14.1. The van der Waals surface area contributed by atoms with Crippen molar-refractivity contribution in [3.05, 3.63) is 51.6 Å². The summed E-state index contributed by atoms with van der Waals surface area (Å²) in [5, 5.41) is 2.59. The number of carbonyl (C=O) groups excluding carboxylic acids is 1. The molecule has 0 unspecified atom stereocenters. The number of hydrogen-bond acceptors (Lipinski definition) is 3. The van der Waals surface area contributed by atoms with Crippen molar-refractivity contribution in [2.24, 2.45) is 0 Å². The van der Waals surface area contributed by atoms with Crippen LogP contribution in [-0.2, 0) is 14.8 Å². The molecule has 2 N–H and O–H groups in total. The van der Waals surface area contributed by atoms with Crippen molar-refractivity contribution in [2.75, 3.05) is 10.0 Å². The third-order valence-corrected chi connectivity index (χ3v) is 5.36. The molecule has 0 aliphatic heterocycles. The molecule has 0 aliphatic carbocycles. The summed E-state index contributed by atoms with van der Waals surface area (Å²) in [6.07, 6.45) is 0. The van der Waals surface area contributed by atoms with E-state index in [0.29, 0.717) is 16.9 Å². The molecule has 22 heavy (non-hydrogen) atoms. The van der Waals surface area contributed by atoms with Crippen molar-refractivity contribution in [3.63, 3.8) is 0 Å². The molecule has 0 saturated heterocycles. The summed E-state index contributed by atoms with van der Waals surface area (Å²) in [4.78, 5) is 11.3. The number of amides is 1. The van der Waals surface area contributed by atoms with E-state index in [1.807, 2.05) is 12.1 Å². The average Bonchev–Trinajstić information content (AvgIpc) is 2.42. The molecular weight excluding hydrogens is 415 g/mol. The number of anilines is 2. The first-order valence-corrected chi connectivity index (χ1v) is 9.01. The number of sulfonamides is 1. The predicted octanol–water partition coefficient (Wildman–Crippen LogP) is 3.36. The fourth-order valence-electron chi connectivity index (χ4n) is 1.91. The lowest BCUT2D eigenvalue weighted by Gasteiger charge is -2.13. The molecule has 5 nitrogen and oxygen atoms in total. The predicted molar refractivity (Wildman–Crippen MR) is 95.5 cm³/mol. The van der Waals surface area contributed by atoms with Gasteiger partial charge in [-0.15, -0.1) is 0 Å². The lowest BCUT2D eigenvalue weighted by Crippen LogP contribution is -2.16. The summed E-state index contributed by atoms with van der Waals surface area (Å²) < 4.78 is 28.6. The number of nitrogens with one attached hydrogen (secondary N) is 2. The molecule has 0 atom stereocenters. The molecule has 0 saturated carbocycles. The summed E-state index contributed by atoms with van der Waals surface area (Å²) in [6.45, 7) is 3.08. The molecule has 1 amide bonds. The Balaban J connectivity index is 2.41. The van der Waals surface area contributed by atoms with Crippen LogP contribution in [0.5, 0.6) is 0 Å². The Hall–Kier alpha value is -1.61. The van der Waals surface area contributed by atoms with Crippen LogP contribution in [0.4, 0.5) is 11.4 Å². The molecule has 7 heteroatoms. The number of aryl methyl sites for hydroxylation is 1. The van der Waals surface area contributed by atoms with Gasteiger partial charge in [-0.05, 0) is 59.3 Å². The van der Waals surface area contributed by atoms with Crippen LogP contribution in [0.3, 0.4) is 0 Å². The fraction of sp³-hybridized carbons (Fsp3) is 0.133. The van der Waals surface area contributed by atoms with Gasteiger partial charge in [0.15, 0.2) is 0 Å². The maximum atomic E-state index is 12.6. The van der Waals surface area contributed by atoms with E-state index in [1.165, 1.54) is 13.0 Å². The Morgan fingerprint density at radius 3 is 2.45 bits per heavy atom. The van der Waals surface area contributed by atoms with E-state index in [-0.39, 0.29) is 10.8 Å². The summed E-state index contributed by atoms with van der Waals surface area (Å²) in [5.74, 6) is -0.252. The van der Waals surface area contributed by atoms with Gasteiger partial charge in [-0.1, -0.05) is 18.2 Å². The zero-order valence-electron chi connectivity index (χ0n) is 12.1. The smallest absolute Gasteiger partial charge is 0.262 e. The normalized spacial score (nSPS) is 11.0. The monoisotopic (exact) mass is 430 g/mol. The Kier molecular flexibility index (Phi) is 5.07. The van der Waals surface area contributed by atoms with E-state index < -0.39 is 10.0 Å². The Morgan fingerprint density at radius 1 is 1.14 bits per heavy atom. The average molecular weight is 430 g/mol. The number of hydrogen-bond donors (Lipinski definition) is 2. The van der Waals surface area contributed by atoms with Crippen molar-refractivity contribution in [1.29, 1.82) is 0 Å². The van der Waals surface area contributed by atoms with E-state index in [9.17, 15) is 13.2 Å². The molecule has 2 aromatic carbocycles. The van der Waals surface area contributed by atoms with Crippen LogP contribution in [0, 0.1) is 10.5 Å². The van der Waals surface area contributed by atoms with Gasteiger partial charge in [0, 0.05) is 16.2 Å². The lowest BCUT2D eigenvalue weighted by molar-refractivity contribution is -0.114. The highest BCUT2D eigenvalue weighted by atomic mass is 127. The summed E-state index contributed by atoms with van der Waals surface area (Å²) in [7, 11) is -3.73. The molecule has 0 aliphatic rings. The molecule has 2 rings (SSSR count). The van der Waals surface area contributed by atoms with Gasteiger partial charge in [0.1, 0.15) is 0 Å². The van der Waals surface area contributed by atoms with Gasteiger partial charge in [-0.2, -0.15) is 0 Å². The van der Waals surface area contributed by atoms with E-state index in [0.717, 1.165) is 3.57 Å². The lowest BCUT2D eigenvalue weighted by atomic mass is 10.2. The van der Waals surface area contributed by atoms with Crippen LogP contribution in [0.1, 0.15) is 12.5 Å². The molecule has 0 spiro atoms. The van der Waals surface area contributed by atoms with E-state index >= 15 is 0 Å². The second-order valence-electron chi connectivity index (χ2n) is 4.75. The summed E-state index contributed by atoms with van der Waals surface area (Å²) in [6, 6.07) is 11.9. The number of benzene rings is 2. The molecule has 0 aromatic heterocycles. The Bertz CT molecular complexity index is 819. The van der Waals surface area contributed by atoms with E-state index in [2.05, 4.69) is 32.6 Å². The number of para-hydroxylation sites is 1. The van der Waals surface area contributed by atoms with Crippen molar-refractivity contribution >= 4 is 49.9 Å². The zero-order chi connectivity index (χ0) is 16.3. The van der Waals surface area contributed by atoms with Crippen molar-refractivity contribution < 1.29 is 13.2 Å². The van der Waals surface area contributed by atoms with Gasteiger partial charge in [0.2, 0.25) is 5.91 Å². The minimum absolute atomic E-state index is 0.137. The van der Waals surface area contributed by atoms with Crippen molar-refractivity contribution in [2.45, 2.75) is 18.7 Å². The van der Waals surface area contributed by atoms with Gasteiger partial charge >= 0.3 is 0 Å². The quantitative estimate of drug-likeness (QED) is 0.731. The Labute approximate surface area is 143 Å². The largest absolute Gasteiger partial charge is 0.326 e. The van der Waals surface area contributed by atoms with Gasteiger partial charge in [-0.3, -0.25) is 9.52 Å². The molecular formula is C15H15IN2O3S. The molecule has 0 bridgehead atoms. The van der Waals surface area contributed by atoms with Gasteiger partial charge < -0.3 is 5.32 Å². The van der Waals surface area contributed by atoms with Crippen LogP contribution < -0.4 is 10.0 Å². The first kappa shape index (κ1) is 16.8. The molecule has 2 aromatic rings. The number of rotatable bonds is 4. The second kappa shape index (κ2) is 6.66. The highest BCUT2D eigenvalue weighted by Crippen LogP contribution is 2.25. The number of halogens is 1. The molecule has 0 heterocycles. The Morgan fingerprint density at radius 2 is 1.82 bits per heavy atom. The standard InChI is InChI=1S/C15H15IN2O3S/c1-10-7-8-12(17-11(2)19)9-15(10)22(20,21)18-14-6-4-3-5-13(14)16/h3-9,18H,1-2H3,(H,17,19). The molecule has 116 valence electrons. The van der Waals surface area contributed by atoms with Gasteiger partial charge in [0.25, 0.3) is 10.0 Å². The minimum Gasteiger partial charge on any atom is -0.326 e. The van der Waals surface area contributed by atoms with Gasteiger partial charge in [-0.25, -0.2) is 8.42 Å². The van der Waals surface area contributed by atoms with Crippen LogP contribution in [0.15, 0.2) is 47.4 Å². The third kappa shape index (κ3) is 3.98.